The Hall–Kier alpha value is -1.24. The van der Waals surface area contributed by atoms with Crippen LogP contribution in [0, 0.1) is 0 Å². The second-order valence-electron chi connectivity index (χ2n) is 5.64. The fourth-order valence-corrected chi connectivity index (χ4v) is 2.81. The van der Waals surface area contributed by atoms with E-state index in [9.17, 15) is 10.2 Å². The number of quaternary nitrogens is 1. The van der Waals surface area contributed by atoms with E-state index in [0.717, 1.165) is 5.56 Å². The van der Waals surface area contributed by atoms with Gasteiger partial charge in [-0.3, -0.25) is 0 Å². The van der Waals surface area contributed by atoms with Crippen LogP contribution in [0.3, 0.4) is 0 Å². The van der Waals surface area contributed by atoms with E-state index in [1.807, 2.05) is 44.2 Å². The highest BCUT2D eigenvalue weighted by molar-refractivity contribution is 5.13. The summed E-state index contributed by atoms with van der Waals surface area (Å²) in [6, 6.07) is 10.0. The highest BCUT2D eigenvalue weighted by Crippen LogP contribution is 2.18. The number of nitrogens with zero attached hydrogens (tertiary/aromatic N) is 1. The first-order valence-electron chi connectivity index (χ1n) is 8.14. The monoisotopic (exact) mass is 324 g/mol. The molecule has 0 amide bonds. The van der Waals surface area contributed by atoms with Gasteiger partial charge in [-0.05, 0) is 19.9 Å². The molecule has 130 valence electrons. The van der Waals surface area contributed by atoms with E-state index in [1.165, 1.54) is 0 Å². The molecule has 0 aliphatic rings. The Morgan fingerprint density at radius 1 is 1.04 bits per heavy atom. The molecule has 0 bridgehead atoms. The minimum atomic E-state index is -0.891. The molecular formula is C18H30NO4+. The number of aliphatic hydroxyl groups is 2. The SMILES string of the molecule is C=CC[N+](Cc1ccccc1)(CC(O)OCC)CC(O)OCC. The first-order valence-corrected chi connectivity index (χ1v) is 8.14. The van der Waals surface area contributed by atoms with Crippen molar-refractivity contribution in [3.05, 3.63) is 48.6 Å². The third-order valence-corrected chi connectivity index (χ3v) is 3.68. The minimum Gasteiger partial charge on any atom is -0.364 e. The van der Waals surface area contributed by atoms with Gasteiger partial charge in [-0.25, -0.2) is 0 Å². The van der Waals surface area contributed by atoms with Gasteiger partial charge in [-0.2, -0.15) is 0 Å². The lowest BCUT2D eigenvalue weighted by atomic mass is 10.1. The first kappa shape index (κ1) is 19.8. The lowest BCUT2D eigenvalue weighted by Gasteiger charge is -2.40. The van der Waals surface area contributed by atoms with E-state index < -0.39 is 12.6 Å². The summed E-state index contributed by atoms with van der Waals surface area (Å²) in [4.78, 5) is 0. The second-order valence-corrected chi connectivity index (χ2v) is 5.64. The van der Waals surface area contributed by atoms with Crippen LogP contribution in [0.5, 0.6) is 0 Å². The fourth-order valence-electron chi connectivity index (χ4n) is 2.81. The number of ether oxygens (including phenoxy) is 2. The summed E-state index contributed by atoms with van der Waals surface area (Å²) >= 11 is 0. The van der Waals surface area contributed by atoms with Crippen molar-refractivity contribution in [2.24, 2.45) is 0 Å². The van der Waals surface area contributed by atoms with Gasteiger partial charge >= 0.3 is 0 Å². The second kappa shape index (κ2) is 10.5. The molecule has 5 nitrogen and oxygen atoms in total. The number of aliphatic hydroxyl groups excluding tert-OH is 2. The molecular weight excluding hydrogens is 294 g/mol. The molecule has 0 saturated heterocycles. The average molecular weight is 324 g/mol. The molecule has 0 aliphatic carbocycles. The topological polar surface area (TPSA) is 58.9 Å². The Bertz CT molecular complexity index is 424. The predicted molar refractivity (Wildman–Crippen MR) is 90.5 cm³/mol. The minimum absolute atomic E-state index is 0.360. The Morgan fingerprint density at radius 2 is 1.57 bits per heavy atom. The molecule has 0 spiro atoms. The largest absolute Gasteiger partial charge is 0.364 e. The maximum Gasteiger partial charge on any atom is 0.205 e. The number of hydrogen-bond acceptors (Lipinski definition) is 4. The highest BCUT2D eigenvalue weighted by Gasteiger charge is 2.33. The molecule has 1 rings (SSSR count). The van der Waals surface area contributed by atoms with E-state index >= 15 is 0 Å². The van der Waals surface area contributed by atoms with E-state index in [4.69, 9.17) is 9.47 Å². The summed E-state index contributed by atoms with van der Waals surface area (Å²) in [6.45, 7) is 10.4. The van der Waals surface area contributed by atoms with Gasteiger partial charge in [-0.15, -0.1) is 0 Å². The van der Waals surface area contributed by atoms with Gasteiger partial charge in [0.25, 0.3) is 0 Å². The summed E-state index contributed by atoms with van der Waals surface area (Å²) in [7, 11) is 0. The zero-order chi connectivity index (χ0) is 17.1. The van der Waals surface area contributed by atoms with Crippen molar-refractivity contribution in [1.29, 1.82) is 0 Å². The molecule has 0 aliphatic heterocycles. The quantitative estimate of drug-likeness (QED) is 0.350. The van der Waals surface area contributed by atoms with Crippen molar-refractivity contribution >= 4 is 0 Å². The van der Waals surface area contributed by atoms with Crippen molar-refractivity contribution in [3.63, 3.8) is 0 Å². The summed E-state index contributed by atoms with van der Waals surface area (Å²) in [5.41, 5.74) is 1.13. The zero-order valence-electron chi connectivity index (χ0n) is 14.2. The van der Waals surface area contributed by atoms with Gasteiger partial charge in [0.2, 0.25) is 12.6 Å². The maximum absolute atomic E-state index is 10.1. The smallest absolute Gasteiger partial charge is 0.205 e. The molecule has 23 heavy (non-hydrogen) atoms. The van der Waals surface area contributed by atoms with Gasteiger partial charge in [0.1, 0.15) is 19.6 Å². The maximum atomic E-state index is 10.1. The molecule has 0 radical (unpaired) electrons. The van der Waals surface area contributed by atoms with Crippen molar-refractivity contribution in [1.82, 2.24) is 0 Å². The molecule has 2 unspecified atom stereocenters. The van der Waals surface area contributed by atoms with Gasteiger partial charge in [0, 0.05) is 18.8 Å². The van der Waals surface area contributed by atoms with Crippen LogP contribution in [0.15, 0.2) is 43.0 Å². The molecule has 2 N–H and O–H groups in total. The summed E-state index contributed by atoms with van der Waals surface area (Å²) < 4.78 is 11.0. The van der Waals surface area contributed by atoms with E-state index in [0.29, 0.717) is 43.9 Å². The van der Waals surface area contributed by atoms with Gasteiger partial charge in [0.05, 0.1) is 6.54 Å². The normalized spacial score (nSPS) is 16.5. The Morgan fingerprint density at radius 3 is 2.00 bits per heavy atom. The van der Waals surface area contributed by atoms with Crippen LogP contribution < -0.4 is 0 Å². The van der Waals surface area contributed by atoms with Crippen LogP contribution in [0.4, 0.5) is 0 Å². The van der Waals surface area contributed by atoms with Crippen molar-refractivity contribution in [2.75, 3.05) is 32.8 Å². The molecule has 0 aromatic heterocycles. The molecule has 0 fully saturated rings. The van der Waals surface area contributed by atoms with Crippen molar-refractivity contribution in [2.45, 2.75) is 33.0 Å². The standard InChI is InChI=1S/C18H30NO4/c1-4-12-19(14-17(20)22-5-2,15-18(21)23-6-3)13-16-10-8-7-9-11-16/h4,7-11,17-18,20-21H,1,5-6,12-15H2,2-3H3/q+1. The van der Waals surface area contributed by atoms with Crippen molar-refractivity contribution in [3.8, 4) is 0 Å². The summed E-state index contributed by atoms with van der Waals surface area (Å²) in [5.74, 6) is 0. The lowest BCUT2D eigenvalue weighted by molar-refractivity contribution is -0.945. The molecule has 1 aromatic rings. The van der Waals surface area contributed by atoms with Crippen LogP contribution in [0.25, 0.3) is 0 Å². The van der Waals surface area contributed by atoms with E-state index in [2.05, 4.69) is 6.58 Å². The fraction of sp³-hybridized carbons (Fsp3) is 0.556. The zero-order valence-corrected chi connectivity index (χ0v) is 14.2. The number of hydrogen-bond donors (Lipinski definition) is 2. The van der Waals surface area contributed by atoms with Gasteiger partial charge in [-0.1, -0.05) is 36.9 Å². The molecule has 1 aromatic carbocycles. The van der Waals surface area contributed by atoms with E-state index in [-0.39, 0.29) is 0 Å². The first-order chi connectivity index (χ1) is 11.0. The van der Waals surface area contributed by atoms with Gasteiger partial charge in [0.15, 0.2) is 0 Å². The predicted octanol–water partition coefficient (Wildman–Crippen LogP) is 1.90. The van der Waals surface area contributed by atoms with Crippen LogP contribution in [-0.4, -0.2) is 60.1 Å². The van der Waals surface area contributed by atoms with Gasteiger partial charge < -0.3 is 24.2 Å². The number of benzene rings is 1. The van der Waals surface area contributed by atoms with Crippen LogP contribution >= 0.6 is 0 Å². The Balaban J connectivity index is 2.98. The molecule has 5 heteroatoms. The third-order valence-electron chi connectivity index (χ3n) is 3.68. The Kier molecular flexibility index (Phi) is 9.06. The van der Waals surface area contributed by atoms with Crippen LogP contribution in [-0.2, 0) is 16.0 Å². The Labute approximate surface area is 139 Å². The molecule has 0 heterocycles. The highest BCUT2D eigenvalue weighted by atomic mass is 16.6. The summed E-state index contributed by atoms with van der Waals surface area (Å²) in [6.07, 6.45) is 0.0234. The summed E-state index contributed by atoms with van der Waals surface area (Å²) in [5, 5.41) is 20.3. The lowest BCUT2D eigenvalue weighted by Crippen LogP contribution is -2.56. The van der Waals surface area contributed by atoms with E-state index in [1.54, 1.807) is 6.08 Å². The average Bonchev–Trinajstić information content (AvgIpc) is 2.48. The van der Waals surface area contributed by atoms with Crippen LogP contribution in [0.2, 0.25) is 0 Å². The van der Waals surface area contributed by atoms with Crippen LogP contribution in [0.1, 0.15) is 19.4 Å². The molecule has 2 atom stereocenters. The molecule has 0 saturated carbocycles. The number of rotatable bonds is 12. The third kappa shape index (κ3) is 7.24. The van der Waals surface area contributed by atoms with Crippen molar-refractivity contribution < 1.29 is 24.2 Å².